The highest BCUT2D eigenvalue weighted by Gasteiger charge is 2.12. The van der Waals surface area contributed by atoms with Gasteiger partial charge in [-0.2, -0.15) is 5.10 Å². The predicted molar refractivity (Wildman–Crippen MR) is 103 cm³/mol. The molecule has 0 atom stereocenters. The number of carbonyl (C=O) groups is 2. The summed E-state index contributed by atoms with van der Waals surface area (Å²) >= 11 is 5.97. The molecular formula is C19H20ClN3O4. The lowest BCUT2D eigenvalue weighted by molar-refractivity contribution is -0.139. The highest BCUT2D eigenvalue weighted by Crippen LogP contribution is 2.27. The Kier molecular flexibility index (Phi) is 7.63. The quantitative estimate of drug-likeness (QED) is 0.431. The van der Waals surface area contributed by atoms with E-state index in [1.54, 1.807) is 44.6 Å². The Morgan fingerprint density at radius 3 is 2.52 bits per heavy atom. The number of methoxy groups -OCH3 is 2. The van der Waals surface area contributed by atoms with Gasteiger partial charge < -0.3 is 14.8 Å². The molecule has 0 aliphatic carbocycles. The molecular weight excluding hydrogens is 370 g/mol. The normalized spacial score (nSPS) is 10.5. The highest BCUT2D eigenvalue weighted by molar-refractivity contribution is 6.35. The Labute approximate surface area is 162 Å². The van der Waals surface area contributed by atoms with Crippen LogP contribution in [0.15, 0.2) is 47.6 Å². The van der Waals surface area contributed by atoms with E-state index in [1.807, 2.05) is 12.1 Å². The van der Waals surface area contributed by atoms with E-state index in [1.165, 1.54) is 6.21 Å². The predicted octanol–water partition coefficient (Wildman–Crippen LogP) is 2.17. The van der Waals surface area contributed by atoms with Crippen molar-refractivity contribution >= 4 is 29.6 Å². The summed E-state index contributed by atoms with van der Waals surface area (Å²) in [6.07, 6.45) is 1.90. The van der Waals surface area contributed by atoms with E-state index in [4.69, 9.17) is 21.1 Å². The number of benzene rings is 2. The van der Waals surface area contributed by atoms with E-state index in [-0.39, 0.29) is 6.54 Å². The fourth-order valence-corrected chi connectivity index (χ4v) is 2.41. The van der Waals surface area contributed by atoms with Crippen molar-refractivity contribution in [1.82, 2.24) is 10.7 Å². The van der Waals surface area contributed by atoms with Gasteiger partial charge >= 0.3 is 11.8 Å². The zero-order valence-electron chi connectivity index (χ0n) is 15.0. The lowest BCUT2D eigenvalue weighted by Crippen LogP contribution is -2.38. The third kappa shape index (κ3) is 6.00. The van der Waals surface area contributed by atoms with Gasteiger partial charge in [-0.1, -0.05) is 35.9 Å². The number of halogens is 1. The van der Waals surface area contributed by atoms with Gasteiger partial charge in [0.1, 0.15) is 0 Å². The Morgan fingerprint density at radius 2 is 1.81 bits per heavy atom. The molecule has 2 N–H and O–H groups in total. The molecule has 0 spiro atoms. The molecule has 0 unspecified atom stereocenters. The van der Waals surface area contributed by atoms with Crippen LogP contribution >= 0.6 is 11.6 Å². The van der Waals surface area contributed by atoms with Gasteiger partial charge in [0, 0.05) is 17.1 Å². The van der Waals surface area contributed by atoms with E-state index in [2.05, 4.69) is 15.8 Å². The smallest absolute Gasteiger partial charge is 0.329 e. The number of hydrogen-bond acceptors (Lipinski definition) is 5. The van der Waals surface area contributed by atoms with Gasteiger partial charge in [0.05, 0.1) is 20.4 Å². The molecule has 142 valence electrons. The van der Waals surface area contributed by atoms with Gasteiger partial charge in [-0.3, -0.25) is 9.59 Å². The third-order valence-electron chi connectivity index (χ3n) is 3.63. The molecule has 0 radical (unpaired) electrons. The zero-order chi connectivity index (χ0) is 19.6. The average molecular weight is 390 g/mol. The second-order valence-electron chi connectivity index (χ2n) is 5.42. The summed E-state index contributed by atoms with van der Waals surface area (Å²) < 4.78 is 10.4. The second-order valence-corrected chi connectivity index (χ2v) is 5.82. The van der Waals surface area contributed by atoms with E-state index in [9.17, 15) is 9.59 Å². The summed E-state index contributed by atoms with van der Waals surface area (Å²) in [5, 5.41) is 6.76. The lowest BCUT2D eigenvalue weighted by Gasteiger charge is -2.10. The number of ether oxygens (including phenoxy) is 2. The van der Waals surface area contributed by atoms with Gasteiger partial charge in [-0.05, 0) is 30.2 Å². The number of nitrogens with one attached hydrogen (secondary N) is 2. The molecule has 8 heteroatoms. The van der Waals surface area contributed by atoms with Crippen LogP contribution in [0.1, 0.15) is 11.1 Å². The van der Waals surface area contributed by atoms with Crippen LogP contribution in [0.4, 0.5) is 0 Å². The number of rotatable bonds is 7. The van der Waals surface area contributed by atoms with Crippen molar-refractivity contribution in [2.24, 2.45) is 5.10 Å². The summed E-state index contributed by atoms with van der Waals surface area (Å²) in [4.78, 5) is 23.5. The summed E-state index contributed by atoms with van der Waals surface area (Å²) in [6.45, 7) is 0.288. The van der Waals surface area contributed by atoms with Gasteiger partial charge in [0.15, 0.2) is 11.5 Å². The topological polar surface area (TPSA) is 89.0 Å². The van der Waals surface area contributed by atoms with Crippen LogP contribution in [0.3, 0.4) is 0 Å². The third-order valence-corrected chi connectivity index (χ3v) is 3.97. The summed E-state index contributed by atoms with van der Waals surface area (Å²) in [5.41, 5.74) is 3.73. The molecule has 2 rings (SSSR count). The fraction of sp³-hybridized carbons (Fsp3) is 0.211. The van der Waals surface area contributed by atoms with E-state index in [0.29, 0.717) is 28.5 Å². The molecule has 0 saturated carbocycles. The number of hydrazone groups is 1. The first-order valence-corrected chi connectivity index (χ1v) is 8.49. The van der Waals surface area contributed by atoms with Crippen molar-refractivity contribution in [2.75, 3.05) is 20.8 Å². The van der Waals surface area contributed by atoms with Crippen molar-refractivity contribution in [3.63, 3.8) is 0 Å². The molecule has 0 aliphatic rings. The summed E-state index contributed by atoms with van der Waals surface area (Å²) in [6, 6.07) is 12.5. The fourth-order valence-electron chi connectivity index (χ4n) is 2.23. The van der Waals surface area contributed by atoms with Crippen molar-refractivity contribution < 1.29 is 19.1 Å². The minimum Gasteiger partial charge on any atom is -0.493 e. The van der Waals surface area contributed by atoms with Crippen LogP contribution < -0.4 is 20.2 Å². The van der Waals surface area contributed by atoms with Crippen LogP contribution in [0.2, 0.25) is 5.02 Å². The first kappa shape index (κ1) is 20.3. The van der Waals surface area contributed by atoms with Crippen LogP contribution in [0.25, 0.3) is 0 Å². The molecule has 2 aromatic rings. The Morgan fingerprint density at radius 1 is 1.07 bits per heavy atom. The minimum absolute atomic E-state index is 0.288. The molecule has 0 fully saturated rings. The van der Waals surface area contributed by atoms with Gasteiger partial charge in [0.2, 0.25) is 0 Å². The van der Waals surface area contributed by atoms with Gasteiger partial charge in [-0.15, -0.1) is 0 Å². The summed E-state index contributed by atoms with van der Waals surface area (Å²) in [5.74, 6) is -0.397. The molecule has 0 saturated heterocycles. The van der Waals surface area contributed by atoms with Crippen molar-refractivity contribution in [1.29, 1.82) is 0 Å². The first-order valence-electron chi connectivity index (χ1n) is 8.11. The average Bonchev–Trinajstić information content (AvgIpc) is 2.69. The van der Waals surface area contributed by atoms with Crippen LogP contribution in [-0.2, 0) is 16.0 Å². The molecule has 27 heavy (non-hydrogen) atoms. The monoisotopic (exact) mass is 389 g/mol. The minimum atomic E-state index is -0.856. The van der Waals surface area contributed by atoms with Crippen LogP contribution in [0.5, 0.6) is 11.5 Å². The zero-order valence-corrected chi connectivity index (χ0v) is 15.7. The molecule has 0 heterocycles. The van der Waals surface area contributed by atoms with Crippen molar-refractivity contribution in [3.05, 3.63) is 58.6 Å². The Bertz CT molecular complexity index is 839. The number of nitrogens with zero attached hydrogens (tertiary/aromatic N) is 1. The second kappa shape index (κ2) is 10.2. The van der Waals surface area contributed by atoms with Crippen LogP contribution in [-0.4, -0.2) is 38.8 Å². The van der Waals surface area contributed by atoms with Gasteiger partial charge in [-0.25, -0.2) is 5.43 Å². The molecule has 7 nitrogen and oxygen atoms in total. The summed E-state index contributed by atoms with van der Waals surface area (Å²) in [7, 11) is 3.11. The molecule has 0 aromatic heterocycles. The standard InChI is InChI=1S/C19H20ClN3O4/c1-26-16-8-7-13(11-17(16)27-2)9-10-21-18(24)19(25)23-22-12-14-5-3-4-6-15(14)20/h3-8,11-12H,9-10H2,1-2H3,(H,21,24)(H,23,25)/b22-12-. The number of carbonyl (C=O) groups excluding carboxylic acids is 2. The molecule has 2 amide bonds. The van der Waals surface area contributed by atoms with Crippen LogP contribution in [0, 0.1) is 0 Å². The van der Waals surface area contributed by atoms with E-state index in [0.717, 1.165) is 5.56 Å². The Balaban J connectivity index is 1.80. The number of hydrogen-bond donors (Lipinski definition) is 2. The molecule has 0 bridgehead atoms. The molecule has 0 aliphatic heterocycles. The maximum Gasteiger partial charge on any atom is 0.329 e. The van der Waals surface area contributed by atoms with Gasteiger partial charge in [0.25, 0.3) is 0 Å². The van der Waals surface area contributed by atoms with Crippen molar-refractivity contribution in [3.8, 4) is 11.5 Å². The number of amides is 2. The Hall–Kier alpha value is -3.06. The first-order chi connectivity index (χ1) is 13.0. The van der Waals surface area contributed by atoms with E-state index >= 15 is 0 Å². The van der Waals surface area contributed by atoms with Crippen molar-refractivity contribution in [2.45, 2.75) is 6.42 Å². The molecule has 2 aromatic carbocycles. The largest absolute Gasteiger partial charge is 0.493 e. The maximum absolute atomic E-state index is 11.8. The SMILES string of the molecule is COc1ccc(CCNC(=O)C(=O)N/N=C\c2ccccc2Cl)cc1OC. The highest BCUT2D eigenvalue weighted by atomic mass is 35.5. The lowest BCUT2D eigenvalue weighted by atomic mass is 10.1. The maximum atomic E-state index is 11.8. The van der Waals surface area contributed by atoms with E-state index < -0.39 is 11.8 Å².